The van der Waals surface area contributed by atoms with Crippen molar-refractivity contribution >= 4 is 12.4 Å². The van der Waals surface area contributed by atoms with Crippen LogP contribution in [0.25, 0.3) is 0 Å². The van der Waals surface area contributed by atoms with Crippen LogP contribution in [0.5, 0.6) is 0 Å². The standard InChI is InChI=1S/C14H25NO4/c1-9(8-16)11-10(2)15(14(6,7)18-11)12(17)19-13(3,4)5/h8-11H,1-7H3/t9-,10+,11-/m0/s1. The van der Waals surface area contributed by atoms with Gasteiger partial charge in [0.15, 0.2) is 0 Å². The highest BCUT2D eigenvalue weighted by molar-refractivity contribution is 5.70. The molecule has 0 aliphatic carbocycles. The van der Waals surface area contributed by atoms with Gasteiger partial charge in [-0.25, -0.2) is 4.79 Å². The second kappa shape index (κ2) is 5.12. The molecule has 1 aliphatic rings. The number of carbonyl (C=O) groups excluding carboxylic acids is 2. The van der Waals surface area contributed by atoms with Gasteiger partial charge in [-0.15, -0.1) is 0 Å². The summed E-state index contributed by atoms with van der Waals surface area (Å²) in [6.07, 6.45) is 0.140. The van der Waals surface area contributed by atoms with Crippen LogP contribution in [-0.2, 0) is 14.3 Å². The molecule has 1 aliphatic heterocycles. The van der Waals surface area contributed by atoms with Crippen LogP contribution in [0.2, 0.25) is 0 Å². The maximum absolute atomic E-state index is 12.3. The fourth-order valence-electron chi connectivity index (χ4n) is 2.45. The third kappa shape index (κ3) is 3.47. The van der Waals surface area contributed by atoms with Gasteiger partial charge in [-0.2, -0.15) is 0 Å². The molecule has 0 aromatic heterocycles. The highest BCUT2D eigenvalue weighted by Gasteiger charge is 2.50. The zero-order valence-corrected chi connectivity index (χ0v) is 12.9. The highest BCUT2D eigenvalue weighted by atomic mass is 16.6. The van der Waals surface area contributed by atoms with Gasteiger partial charge in [-0.05, 0) is 41.5 Å². The van der Waals surface area contributed by atoms with E-state index in [1.807, 2.05) is 41.5 Å². The third-order valence-electron chi connectivity index (χ3n) is 3.21. The van der Waals surface area contributed by atoms with E-state index in [0.29, 0.717) is 0 Å². The van der Waals surface area contributed by atoms with Crippen molar-refractivity contribution in [2.24, 2.45) is 5.92 Å². The van der Waals surface area contributed by atoms with Crippen molar-refractivity contribution in [2.75, 3.05) is 0 Å². The summed E-state index contributed by atoms with van der Waals surface area (Å²) in [5.74, 6) is -0.262. The molecule has 1 amide bonds. The molecule has 110 valence electrons. The van der Waals surface area contributed by atoms with Crippen LogP contribution in [0.1, 0.15) is 48.5 Å². The van der Waals surface area contributed by atoms with Crippen molar-refractivity contribution in [3.8, 4) is 0 Å². The van der Waals surface area contributed by atoms with Crippen LogP contribution >= 0.6 is 0 Å². The predicted molar refractivity (Wildman–Crippen MR) is 71.7 cm³/mol. The fraction of sp³-hybridized carbons (Fsp3) is 0.857. The summed E-state index contributed by atoms with van der Waals surface area (Å²) in [6.45, 7) is 12.8. The minimum Gasteiger partial charge on any atom is -0.444 e. The van der Waals surface area contributed by atoms with E-state index in [1.165, 1.54) is 0 Å². The van der Waals surface area contributed by atoms with Crippen molar-refractivity contribution < 1.29 is 19.1 Å². The first-order chi connectivity index (χ1) is 8.49. The topological polar surface area (TPSA) is 55.8 Å². The number of ether oxygens (including phenoxy) is 2. The van der Waals surface area contributed by atoms with Gasteiger partial charge in [0, 0.05) is 5.92 Å². The zero-order chi connectivity index (χ0) is 15.0. The van der Waals surface area contributed by atoms with Gasteiger partial charge < -0.3 is 14.3 Å². The first-order valence-corrected chi connectivity index (χ1v) is 6.65. The number of hydrogen-bond acceptors (Lipinski definition) is 4. The number of nitrogens with zero attached hydrogens (tertiary/aromatic N) is 1. The number of rotatable bonds is 2. The van der Waals surface area contributed by atoms with Crippen molar-refractivity contribution in [3.63, 3.8) is 0 Å². The molecule has 0 N–H and O–H groups in total. The Labute approximate surface area is 115 Å². The second-order valence-corrected chi connectivity index (χ2v) is 6.62. The van der Waals surface area contributed by atoms with Gasteiger partial charge in [0.25, 0.3) is 0 Å². The molecule has 19 heavy (non-hydrogen) atoms. The van der Waals surface area contributed by atoms with Crippen molar-refractivity contribution in [1.29, 1.82) is 0 Å². The van der Waals surface area contributed by atoms with Gasteiger partial charge in [-0.3, -0.25) is 4.90 Å². The quantitative estimate of drug-likeness (QED) is 0.724. The Hall–Kier alpha value is -1.10. The number of amides is 1. The summed E-state index contributed by atoms with van der Waals surface area (Å²) in [6, 6.07) is -0.204. The third-order valence-corrected chi connectivity index (χ3v) is 3.21. The first-order valence-electron chi connectivity index (χ1n) is 6.65. The second-order valence-electron chi connectivity index (χ2n) is 6.62. The lowest BCUT2D eigenvalue weighted by molar-refractivity contribution is -0.119. The molecule has 1 heterocycles. The molecular formula is C14H25NO4. The summed E-state index contributed by atoms with van der Waals surface area (Å²) in [4.78, 5) is 24.8. The summed E-state index contributed by atoms with van der Waals surface area (Å²) >= 11 is 0. The first kappa shape index (κ1) is 16.0. The Balaban J connectivity index is 2.93. The average molecular weight is 271 g/mol. The molecule has 3 atom stereocenters. The molecule has 0 saturated carbocycles. The van der Waals surface area contributed by atoms with Crippen LogP contribution in [0.15, 0.2) is 0 Å². The molecule has 0 radical (unpaired) electrons. The van der Waals surface area contributed by atoms with Crippen LogP contribution in [0.3, 0.4) is 0 Å². The predicted octanol–water partition coefficient (Wildman–Crippen LogP) is 2.58. The van der Waals surface area contributed by atoms with E-state index in [4.69, 9.17) is 9.47 Å². The van der Waals surface area contributed by atoms with Crippen LogP contribution in [0.4, 0.5) is 4.79 Å². The molecule has 5 heteroatoms. The lowest BCUT2D eigenvalue weighted by Gasteiger charge is -2.34. The van der Waals surface area contributed by atoms with Crippen LogP contribution < -0.4 is 0 Å². The summed E-state index contributed by atoms with van der Waals surface area (Å²) < 4.78 is 11.3. The molecule has 0 spiro atoms. The van der Waals surface area contributed by atoms with E-state index in [1.54, 1.807) is 11.8 Å². The summed E-state index contributed by atoms with van der Waals surface area (Å²) in [7, 11) is 0. The highest BCUT2D eigenvalue weighted by Crippen LogP contribution is 2.35. The minimum atomic E-state index is -0.774. The molecule has 1 saturated heterocycles. The lowest BCUT2D eigenvalue weighted by Crippen LogP contribution is -2.49. The lowest BCUT2D eigenvalue weighted by atomic mass is 10.0. The van der Waals surface area contributed by atoms with Crippen LogP contribution in [0, 0.1) is 5.92 Å². The molecule has 1 fully saturated rings. The number of aldehydes is 1. The average Bonchev–Trinajstić information content (AvgIpc) is 2.45. The van der Waals surface area contributed by atoms with Gasteiger partial charge in [0.1, 0.15) is 17.6 Å². The van der Waals surface area contributed by atoms with E-state index in [0.717, 1.165) is 6.29 Å². The number of hydrogen-bond donors (Lipinski definition) is 0. The molecule has 5 nitrogen and oxygen atoms in total. The van der Waals surface area contributed by atoms with E-state index < -0.39 is 17.4 Å². The van der Waals surface area contributed by atoms with E-state index >= 15 is 0 Å². The molecular weight excluding hydrogens is 246 g/mol. The maximum Gasteiger partial charge on any atom is 0.412 e. The molecule has 0 unspecified atom stereocenters. The maximum atomic E-state index is 12.3. The van der Waals surface area contributed by atoms with E-state index in [2.05, 4.69) is 0 Å². The fourth-order valence-corrected chi connectivity index (χ4v) is 2.45. The SMILES string of the molecule is C[C@@H]1[C@H]([C@@H](C)C=O)OC(C)(C)N1C(=O)OC(C)(C)C. The molecule has 0 aromatic carbocycles. The van der Waals surface area contributed by atoms with Gasteiger partial charge in [-0.1, -0.05) is 6.92 Å². The normalized spacial score (nSPS) is 28.1. The molecule has 0 bridgehead atoms. The van der Waals surface area contributed by atoms with Gasteiger partial charge >= 0.3 is 6.09 Å². The molecule has 0 aromatic rings. The van der Waals surface area contributed by atoms with Crippen molar-refractivity contribution in [3.05, 3.63) is 0 Å². The Bertz CT molecular complexity index is 359. The monoisotopic (exact) mass is 271 g/mol. The Morgan fingerprint density at radius 1 is 1.42 bits per heavy atom. The van der Waals surface area contributed by atoms with E-state index in [-0.39, 0.29) is 18.1 Å². The summed E-state index contributed by atoms with van der Waals surface area (Å²) in [5.41, 5.74) is -1.33. The van der Waals surface area contributed by atoms with Gasteiger partial charge in [0.05, 0.1) is 12.1 Å². The largest absolute Gasteiger partial charge is 0.444 e. The van der Waals surface area contributed by atoms with Crippen molar-refractivity contribution in [1.82, 2.24) is 4.90 Å². The van der Waals surface area contributed by atoms with Crippen LogP contribution in [-0.4, -0.2) is 40.8 Å². The van der Waals surface area contributed by atoms with Crippen molar-refractivity contribution in [2.45, 2.75) is 71.9 Å². The minimum absolute atomic E-state index is 0.204. The Kier molecular flexibility index (Phi) is 4.30. The molecule has 1 rings (SSSR count). The Morgan fingerprint density at radius 2 is 1.95 bits per heavy atom. The smallest absolute Gasteiger partial charge is 0.412 e. The Morgan fingerprint density at radius 3 is 2.37 bits per heavy atom. The summed E-state index contributed by atoms with van der Waals surface area (Å²) in [5, 5.41) is 0. The van der Waals surface area contributed by atoms with Gasteiger partial charge in [0.2, 0.25) is 0 Å². The van der Waals surface area contributed by atoms with E-state index in [9.17, 15) is 9.59 Å². The number of carbonyl (C=O) groups is 2. The zero-order valence-electron chi connectivity index (χ0n) is 12.9.